The van der Waals surface area contributed by atoms with Crippen LogP contribution in [0, 0.1) is 0 Å². The molecule has 1 N–H and O–H groups in total. The maximum absolute atomic E-state index is 12.0. The molecule has 0 radical (unpaired) electrons. The summed E-state index contributed by atoms with van der Waals surface area (Å²) in [5.74, 6) is -0.251. The molecule has 1 fully saturated rings. The molecule has 0 aliphatic carbocycles. The summed E-state index contributed by atoms with van der Waals surface area (Å²) in [6.07, 6.45) is -0.613. The zero-order chi connectivity index (χ0) is 15.8. The van der Waals surface area contributed by atoms with Gasteiger partial charge in [0.25, 0.3) is 5.91 Å². The summed E-state index contributed by atoms with van der Waals surface area (Å²) in [6.45, 7) is 3.00. The number of anilines is 1. The molecule has 1 aliphatic rings. The Balaban J connectivity index is 1.87. The Bertz CT molecular complexity index is 513. The molecule has 0 aromatic heterocycles. The van der Waals surface area contributed by atoms with E-state index in [0.29, 0.717) is 31.3 Å². The molecule has 1 amide bonds. The van der Waals surface area contributed by atoms with E-state index in [-0.39, 0.29) is 19.1 Å². The lowest BCUT2D eigenvalue weighted by molar-refractivity contribution is -0.145. The molecular weight excluding hydrogens is 290 g/mol. The van der Waals surface area contributed by atoms with Gasteiger partial charge >= 0.3 is 5.97 Å². The zero-order valence-corrected chi connectivity index (χ0v) is 12.4. The first-order valence-electron chi connectivity index (χ1n) is 7.07. The third-order valence-corrected chi connectivity index (χ3v) is 2.87. The van der Waals surface area contributed by atoms with Crippen LogP contribution in [-0.4, -0.2) is 51.0 Å². The van der Waals surface area contributed by atoms with Crippen molar-refractivity contribution in [2.75, 3.05) is 38.4 Å². The molecule has 1 aromatic carbocycles. The van der Waals surface area contributed by atoms with Crippen molar-refractivity contribution in [2.45, 2.75) is 13.0 Å². The summed E-state index contributed by atoms with van der Waals surface area (Å²) in [5.41, 5.74) is 0.556. The van der Waals surface area contributed by atoms with Crippen molar-refractivity contribution in [1.82, 2.24) is 0 Å². The van der Waals surface area contributed by atoms with Crippen molar-refractivity contribution in [3.8, 4) is 5.75 Å². The van der Waals surface area contributed by atoms with E-state index < -0.39 is 12.1 Å². The van der Waals surface area contributed by atoms with Gasteiger partial charge in [0, 0.05) is 11.8 Å². The number of amides is 1. The number of hydrogen-bond donors (Lipinski definition) is 1. The van der Waals surface area contributed by atoms with Crippen molar-refractivity contribution < 1.29 is 28.5 Å². The SMILES string of the molecule is CCOC(=O)COc1cccc(NC(=O)[C@@H]2COCCO2)c1. The number of nitrogens with one attached hydrogen (secondary N) is 1. The average Bonchev–Trinajstić information content (AvgIpc) is 2.54. The highest BCUT2D eigenvalue weighted by atomic mass is 16.6. The van der Waals surface area contributed by atoms with Crippen LogP contribution >= 0.6 is 0 Å². The predicted octanol–water partition coefficient (Wildman–Crippen LogP) is 0.982. The Hall–Kier alpha value is -2.12. The summed E-state index contributed by atoms with van der Waals surface area (Å²) in [4.78, 5) is 23.2. The minimum Gasteiger partial charge on any atom is -0.482 e. The zero-order valence-electron chi connectivity index (χ0n) is 12.4. The lowest BCUT2D eigenvalue weighted by Crippen LogP contribution is -2.39. The number of benzene rings is 1. The molecule has 1 heterocycles. The summed E-state index contributed by atoms with van der Waals surface area (Å²) in [5, 5.41) is 2.72. The normalized spacial score (nSPS) is 17.6. The van der Waals surface area contributed by atoms with Crippen LogP contribution in [0.5, 0.6) is 5.75 Å². The van der Waals surface area contributed by atoms with Crippen LogP contribution in [0.2, 0.25) is 0 Å². The van der Waals surface area contributed by atoms with Gasteiger partial charge in [0.15, 0.2) is 12.7 Å². The van der Waals surface area contributed by atoms with Gasteiger partial charge in [-0.1, -0.05) is 6.07 Å². The molecule has 1 aliphatic heterocycles. The highest BCUT2D eigenvalue weighted by Gasteiger charge is 2.22. The van der Waals surface area contributed by atoms with Gasteiger partial charge in [-0.05, 0) is 19.1 Å². The van der Waals surface area contributed by atoms with Crippen molar-refractivity contribution in [3.05, 3.63) is 24.3 Å². The van der Waals surface area contributed by atoms with Gasteiger partial charge in [-0.15, -0.1) is 0 Å². The third-order valence-electron chi connectivity index (χ3n) is 2.87. The highest BCUT2D eigenvalue weighted by molar-refractivity contribution is 5.94. The molecule has 22 heavy (non-hydrogen) atoms. The Morgan fingerprint density at radius 1 is 1.36 bits per heavy atom. The summed E-state index contributed by atoms with van der Waals surface area (Å²) in [6, 6.07) is 6.75. The molecule has 1 aromatic rings. The summed E-state index contributed by atoms with van der Waals surface area (Å²) in [7, 11) is 0. The molecule has 0 saturated carbocycles. The van der Waals surface area contributed by atoms with Crippen LogP contribution in [0.4, 0.5) is 5.69 Å². The van der Waals surface area contributed by atoms with E-state index >= 15 is 0 Å². The lowest BCUT2D eigenvalue weighted by atomic mass is 10.2. The van der Waals surface area contributed by atoms with Crippen LogP contribution in [0.25, 0.3) is 0 Å². The second-order valence-electron chi connectivity index (χ2n) is 4.55. The third kappa shape index (κ3) is 5.01. The highest BCUT2D eigenvalue weighted by Crippen LogP contribution is 2.18. The second kappa shape index (κ2) is 8.35. The van der Waals surface area contributed by atoms with Gasteiger partial charge in [0.2, 0.25) is 0 Å². The fourth-order valence-corrected chi connectivity index (χ4v) is 1.87. The van der Waals surface area contributed by atoms with Gasteiger partial charge in [-0.2, -0.15) is 0 Å². The van der Waals surface area contributed by atoms with E-state index in [2.05, 4.69) is 5.32 Å². The van der Waals surface area contributed by atoms with E-state index in [1.54, 1.807) is 31.2 Å². The topological polar surface area (TPSA) is 83.1 Å². The van der Waals surface area contributed by atoms with Crippen LogP contribution in [0.3, 0.4) is 0 Å². The molecule has 0 unspecified atom stereocenters. The molecule has 0 bridgehead atoms. The Morgan fingerprint density at radius 2 is 2.23 bits per heavy atom. The Morgan fingerprint density at radius 3 is 2.95 bits per heavy atom. The predicted molar refractivity (Wildman–Crippen MR) is 77.8 cm³/mol. The first kappa shape index (κ1) is 16.3. The molecule has 7 heteroatoms. The van der Waals surface area contributed by atoms with Crippen molar-refractivity contribution in [3.63, 3.8) is 0 Å². The monoisotopic (exact) mass is 309 g/mol. The lowest BCUT2D eigenvalue weighted by Gasteiger charge is -2.22. The van der Waals surface area contributed by atoms with E-state index in [0.717, 1.165) is 0 Å². The number of carbonyl (C=O) groups is 2. The van der Waals surface area contributed by atoms with Crippen molar-refractivity contribution in [2.24, 2.45) is 0 Å². The Kier molecular flexibility index (Phi) is 6.17. The van der Waals surface area contributed by atoms with E-state index in [4.69, 9.17) is 18.9 Å². The number of hydrogen-bond acceptors (Lipinski definition) is 6. The van der Waals surface area contributed by atoms with E-state index in [9.17, 15) is 9.59 Å². The summed E-state index contributed by atoms with van der Waals surface area (Å²) >= 11 is 0. The standard InChI is InChI=1S/C15H19NO6/c1-2-20-14(17)10-22-12-5-3-4-11(8-12)16-15(18)13-9-19-6-7-21-13/h3-5,8,13H,2,6-7,9-10H2,1H3,(H,16,18)/t13-/m0/s1. The molecule has 120 valence electrons. The van der Waals surface area contributed by atoms with E-state index in [1.165, 1.54) is 0 Å². The van der Waals surface area contributed by atoms with Crippen LogP contribution in [0.1, 0.15) is 6.92 Å². The van der Waals surface area contributed by atoms with Gasteiger partial charge in [0.05, 0.1) is 26.4 Å². The maximum atomic E-state index is 12.0. The fraction of sp³-hybridized carbons (Fsp3) is 0.467. The molecule has 0 spiro atoms. The smallest absolute Gasteiger partial charge is 0.344 e. The van der Waals surface area contributed by atoms with E-state index in [1.807, 2.05) is 0 Å². The van der Waals surface area contributed by atoms with Gasteiger partial charge < -0.3 is 24.3 Å². The van der Waals surface area contributed by atoms with Crippen LogP contribution in [0.15, 0.2) is 24.3 Å². The van der Waals surface area contributed by atoms with Crippen molar-refractivity contribution >= 4 is 17.6 Å². The largest absolute Gasteiger partial charge is 0.482 e. The summed E-state index contributed by atoms with van der Waals surface area (Å²) < 4.78 is 20.6. The molecule has 7 nitrogen and oxygen atoms in total. The first-order valence-corrected chi connectivity index (χ1v) is 7.07. The van der Waals surface area contributed by atoms with Crippen molar-refractivity contribution in [1.29, 1.82) is 0 Å². The fourth-order valence-electron chi connectivity index (χ4n) is 1.87. The molecule has 1 atom stereocenters. The minimum atomic E-state index is -0.613. The average molecular weight is 309 g/mol. The minimum absolute atomic E-state index is 0.176. The van der Waals surface area contributed by atoms with Gasteiger partial charge in [-0.25, -0.2) is 4.79 Å². The van der Waals surface area contributed by atoms with Gasteiger partial charge in [0.1, 0.15) is 5.75 Å². The maximum Gasteiger partial charge on any atom is 0.344 e. The number of ether oxygens (including phenoxy) is 4. The number of carbonyl (C=O) groups excluding carboxylic acids is 2. The van der Waals surface area contributed by atoms with Crippen LogP contribution in [-0.2, 0) is 23.8 Å². The molecule has 2 rings (SSSR count). The molecular formula is C15H19NO6. The van der Waals surface area contributed by atoms with Crippen LogP contribution < -0.4 is 10.1 Å². The molecule has 1 saturated heterocycles. The number of esters is 1. The number of rotatable bonds is 6. The Labute approximate surface area is 128 Å². The first-order chi connectivity index (χ1) is 10.7. The second-order valence-corrected chi connectivity index (χ2v) is 4.55. The van der Waals surface area contributed by atoms with Gasteiger partial charge in [-0.3, -0.25) is 4.79 Å². The quantitative estimate of drug-likeness (QED) is 0.789.